The van der Waals surface area contributed by atoms with Gasteiger partial charge in [0.05, 0.1) is 13.2 Å². The average molecular weight is 450 g/mol. The quantitative estimate of drug-likeness (QED) is 0.461. The molecule has 0 aliphatic carbocycles. The molecule has 2 heterocycles. The van der Waals surface area contributed by atoms with Crippen molar-refractivity contribution in [1.29, 1.82) is 0 Å². The molecule has 0 spiro atoms. The number of guanidine groups is 1. The molecular weight excluding hydrogens is 410 g/mol. The Balaban J connectivity index is 1.35. The summed E-state index contributed by atoms with van der Waals surface area (Å²) in [5.74, 6) is 2.37. The number of nitrogens with zero attached hydrogens (tertiary/aromatic N) is 3. The fraction of sp³-hybridized carbons (Fsp3) is 0.519. The predicted octanol–water partition coefficient (Wildman–Crippen LogP) is 4.44. The molecule has 0 radical (unpaired) electrons. The molecule has 0 bridgehead atoms. The van der Waals surface area contributed by atoms with E-state index in [2.05, 4.69) is 76.7 Å². The largest absolute Gasteiger partial charge is 0.497 e. The van der Waals surface area contributed by atoms with E-state index < -0.39 is 0 Å². The van der Waals surface area contributed by atoms with E-state index in [0.717, 1.165) is 44.3 Å². The van der Waals surface area contributed by atoms with E-state index in [1.165, 1.54) is 42.9 Å². The highest BCUT2D eigenvalue weighted by Crippen LogP contribution is 2.27. The Bertz CT molecular complexity index is 924. The summed E-state index contributed by atoms with van der Waals surface area (Å²) in [7, 11) is 1.72. The van der Waals surface area contributed by atoms with Crippen LogP contribution in [0.5, 0.6) is 5.75 Å². The maximum atomic E-state index is 5.39. The summed E-state index contributed by atoms with van der Waals surface area (Å²) in [5.41, 5.74) is 3.87. The van der Waals surface area contributed by atoms with Crippen LogP contribution in [-0.2, 0) is 0 Å². The van der Waals surface area contributed by atoms with Crippen LogP contribution in [0.15, 0.2) is 53.5 Å². The number of hydrogen-bond donors (Lipinski definition) is 2. The van der Waals surface area contributed by atoms with Crippen molar-refractivity contribution in [3.05, 3.63) is 54.1 Å². The summed E-state index contributed by atoms with van der Waals surface area (Å²) in [6.45, 7) is 10.5. The number of hydrogen-bond acceptors (Lipinski definition) is 4. The fourth-order valence-corrected chi connectivity index (χ4v) is 4.82. The van der Waals surface area contributed by atoms with Crippen molar-refractivity contribution in [3.8, 4) is 5.75 Å². The van der Waals surface area contributed by atoms with Crippen LogP contribution in [0.2, 0.25) is 0 Å². The number of anilines is 2. The second kappa shape index (κ2) is 11.3. The topological polar surface area (TPSA) is 52.1 Å². The lowest BCUT2D eigenvalue weighted by Crippen LogP contribution is -2.39. The Morgan fingerprint density at radius 3 is 2.58 bits per heavy atom. The molecule has 178 valence electrons. The number of benzene rings is 2. The van der Waals surface area contributed by atoms with Crippen LogP contribution in [0, 0.1) is 5.92 Å². The fourth-order valence-electron chi connectivity index (χ4n) is 4.82. The molecule has 6 heteroatoms. The molecule has 0 saturated carbocycles. The molecule has 2 N–H and O–H groups in total. The standard InChI is InChI=1S/C27H39N5O/c1-4-28-27(30-21(2)23-9-7-10-24(17-23)31-14-5-6-15-31)29-19-22-13-16-32(20-22)25-11-8-12-26(18-25)33-3/h7-12,17-18,21-22H,4-6,13-16,19-20H2,1-3H3,(H2,28,29,30). The Morgan fingerprint density at radius 2 is 1.82 bits per heavy atom. The first-order valence-corrected chi connectivity index (χ1v) is 12.4. The highest BCUT2D eigenvalue weighted by molar-refractivity contribution is 5.80. The Labute approximate surface area is 199 Å². The smallest absolute Gasteiger partial charge is 0.191 e. The Morgan fingerprint density at radius 1 is 1.06 bits per heavy atom. The first-order valence-electron chi connectivity index (χ1n) is 12.4. The van der Waals surface area contributed by atoms with Gasteiger partial charge in [-0.05, 0) is 68.9 Å². The monoisotopic (exact) mass is 449 g/mol. The van der Waals surface area contributed by atoms with E-state index in [4.69, 9.17) is 9.73 Å². The minimum absolute atomic E-state index is 0.196. The third kappa shape index (κ3) is 6.12. The van der Waals surface area contributed by atoms with Gasteiger partial charge in [-0.2, -0.15) is 0 Å². The number of methoxy groups -OCH3 is 1. The van der Waals surface area contributed by atoms with E-state index in [1.54, 1.807) is 7.11 Å². The molecule has 2 aliphatic heterocycles. The Kier molecular flexibility index (Phi) is 7.97. The highest BCUT2D eigenvalue weighted by Gasteiger charge is 2.23. The zero-order valence-electron chi connectivity index (χ0n) is 20.4. The summed E-state index contributed by atoms with van der Waals surface area (Å²) >= 11 is 0. The van der Waals surface area contributed by atoms with Gasteiger partial charge in [0.2, 0.25) is 0 Å². The van der Waals surface area contributed by atoms with Gasteiger partial charge in [0, 0.05) is 56.7 Å². The molecule has 0 aromatic heterocycles. The third-order valence-corrected chi connectivity index (χ3v) is 6.75. The molecule has 2 aromatic carbocycles. The molecule has 0 amide bonds. The van der Waals surface area contributed by atoms with E-state index in [-0.39, 0.29) is 6.04 Å². The van der Waals surface area contributed by atoms with Gasteiger partial charge < -0.3 is 25.2 Å². The van der Waals surface area contributed by atoms with Gasteiger partial charge in [0.25, 0.3) is 0 Å². The third-order valence-electron chi connectivity index (χ3n) is 6.75. The van der Waals surface area contributed by atoms with Crippen molar-refractivity contribution in [3.63, 3.8) is 0 Å². The van der Waals surface area contributed by atoms with Crippen molar-refractivity contribution >= 4 is 17.3 Å². The zero-order chi connectivity index (χ0) is 23.0. The second-order valence-electron chi connectivity index (χ2n) is 9.18. The van der Waals surface area contributed by atoms with Gasteiger partial charge in [-0.1, -0.05) is 18.2 Å². The van der Waals surface area contributed by atoms with Gasteiger partial charge in [-0.25, -0.2) is 0 Å². The van der Waals surface area contributed by atoms with Gasteiger partial charge >= 0.3 is 0 Å². The normalized spacial score (nSPS) is 19.6. The van der Waals surface area contributed by atoms with Gasteiger partial charge in [-0.15, -0.1) is 0 Å². The van der Waals surface area contributed by atoms with Crippen LogP contribution in [-0.4, -0.2) is 52.3 Å². The molecule has 2 aliphatic rings. The van der Waals surface area contributed by atoms with Gasteiger partial charge in [-0.3, -0.25) is 4.99 Å². The summed E-state index contributed by atoms with van der Waals surface area (Å²) in [6.07, 6.45) is 3.75. The van der Waals surface area contributed by atoms with E-state index >= 15 is 0 Å². The Hall–Kier alpha value is -2.89. The molecule has 2 fully saturated rings. The summed E-state index contributed by atoms with van der Waals surface area (Å²) in [6, 6.07) is 17.5. The second-order valence-corrected chi connectivity index (χ2v) is 9.18. The SMILES string of the molecule is CCNC(=NCC1CCN(c2cccc(OC)c2)C1)NC(C)c1cccc(N2CCCC2)c1. The van der Waals surface area contributed by atoms with Gasteiger partial charge in [0.1, 0.15) is 5.75 Å². The maximum absolute atomic E-state index is 5.39. The lowest BCUT2D eigenvalue weighted by atomic mass is 10.1. The van der Waals surface area contributed by atoms with Crippen molar-refractivity contribution in [2.75, 3.05) is 56.2 Å². The van der Waals surface area contributed by atoms with Crippen LogP contribution < -0.4 is 25.2 Å². The van der Waals surface area contributed by atoms with Gasteiger partial charge in [0.15, 0.2) is 5.96 Å². The molecular formula is C27H39N5O. The first kappa shape index (κ1) is 23.3. The van der Waals surface area contributed by atoms with Crippen molar-refractivity contribution in [2.24, 2.45) is 10.9 Å². The summed E-state index contributed by atoms with van der Waals surface area (Å²) in [4.78, 5) is 9.89. The molecule has 6 nitrogen and oxygen atoms in total. The molecule has 33 heavy (non-hydrogen) atoms. The zero-order valence-corrected chi connectivity index (χ0v) is 20.4. The minimum atomic E-state index is 0.196. The molecule has 4 rings (SSSR count). The minimum Gasteiger partial charge on any atom is -0.497 e. The first-order chi connectivity index (χ1) is 16.2. The molecule has 2 saturated heterocycles. The van der Waals surface area contributed by atoms with Crippen molar-refractivity contribution in [2.45, 2.75) is 39.2 Å². The molecule has 2 aromatic rings. The molecule has 2 atom stereocenters. The summed E-state index contributed by atoms with van der Waals surface area (Å²) in [5, 5.41) is 7.06. The highest BCUT2D eigenvalue weighted by atomic mass is 16.5. The average Bonchev–Trinajstić information content (AvgIpc) is 3.55. The predicted molar refractivity (Wildman–Crippen MR) is 139 cm³/mol. The summed E-state index contributed by atoms with van der Waals surface area (Å²) < 4.78 is 5.39. The van der Waals surface area contributed by atoms with E-state index in [1.807, 2.05) is 6.07 Å². The molecule has 2 unspecified atom stereocenters. The van der Waals surface area contributed by atoms with Crippen LogP contribution >= 0.6 is 0 Å². The number of nitrogens with one attached hydrogen (secondary N) is 2. The van der Waals surface area contributed by atoms with Crippen LogP contribution in [0.3, 0.4) is 0 Å². The van der Waals surface area contributed by atoms with Crippen LogP contribution in [0.25, 0.3) is 0 Å². The van der Waals surface area contributed by atoms with Crippen LogP contribution in [0.4, 0.5) is 11.4 Å². The number of rotatable bonds is 8. The number of aliphatic imine (C=N–C) groups is 1. The van der Waals surface area contributed by atoms with E-state index in [0.29, 0.717) is 5.92 Å². The van der Waals surface area contributed by atoms with Crippen LogP contribution in [0.1, 0.15) is 44.7 Å². The lowest BCUT2D eigenvalue weighted by Gasteiger charge is -2.22. The van der Waals surface area contributed by atoms with E-state index in [9.17, 15) is 0 Å². The number of ether oxygens (including phenoxy) is 1. The van der Waals surface area contributed by atoms with Crippen molar-refractivity contribution in [1.82, 2.24) is 10.6 Å². The van der Waals surface area contributed by atoms with Crippen molar-refractivity contribution < 1.29 is 4.74 Å². The lowest BCUT2D eigenvalue weighted by molar-refractivity contribution is 0.415. The maximum Gasteiger partial charge on any atom is 0.191 e.